The van der Waals surface area contributed by atoms with Gasteiger partial charge in [-0.25, -0.2) is 0 Å². The Hall–Kier alpha value is -1.37. The van der Waals surface area contributed by atoms with Gasteiger partial charge in [0.1, 0.15) is 0 Å². The molecule has 1 aromatic rings. The van der Waals surface area contributed by atoms with Crippen LogP contribution < -0.4 is 5.73 Å². The second-order valence-corrected chi connectivity index (χ2v) is 3.86. The Bertz CT molecular complexity index is 475. The van der Waals surface area contributed by atoms with Crippen molar-refractivity contribution in [3.05, 3.63) is 27.7 Å². The minimum absolute atomic E-state index is 0.00816. The number of benzene rings is 1. The van der Waals surface area contributed by atoms with Gasteiger partial charge in [-0.3, -0.25) is 4.79 Å². The van der Waals surface area contributed by atoms with Crippen LogP contribution in [0.4, 0.5) is 5.69 Å². The van der Waals surface area contributed by atoms with E-state index in [-0.39, 0.29) is 12.8 Å². The van der Waals surface area contributed by atoms with Crippen molar-refractivity contribution in [3.63, 3.8) is 0 Å². The predicted molar refractivity (Wildman–Crippen MR) is 64.6 cm³/mol. The Kier molecular flexibility index (Phi) is 4.48. The molecule has 1 rings (SSSR count). The lowest BCUT2D eigenvalue weighted by molar-refractivity contribution is -0.136. The van der Waals surface area contributed by atoms with Gasteiger partial charge in [0, 0.05) is 17.7 Å². The van der Waals surface area contributed by atoms with E-state index in [1.54, 1.807) is 6.07 Å². The monoisotopic (exact) mass is 257 g/mol. The van der Waals surface area contributed by atoms with E-state index in [1.807, 2.05) is 0 Å². The van der Waals surface area contributed by atoms with Crippen molar-refractivity contribution in [2.75, 3.05) is 5.73 Å². The Morgan fingerprint density at radius 1 is 1.38 bits per heavy atom. The zero-order valence-corrected chi connectivity index (χ0v) is 9.77. The highest BCUT2D eigenvalue weighted by Gasteiger charge is 2.02. The van der Waals surface area contributed by atoms with Crippen LogP contribution in [0, 0.1) is 11.8 Å². The fourth-order valence-corrected chi connectivity index (χ4v) is 1.33. The van der Waals surface area contributed by atoms with Crippen LogP contribution in [-0.4, -0.2) is 11.1 Å². The summed E-state index contributed by atoms with van der Waals surface area (Å²) in [5.74, 6) is 4.58. The molecule has 0 atom stereocenters. The van der Waals surface area contributed by atoms with Crippen molar-refractivity contribution in [1.29, 1.82) is 0 Å². The molecule has 0 radical (unpaired) electrons. The minimum atomic E-state index is -0.878. The fourth-order valence-electron chi connectivity index (χ4n) is 0.998. The van der Waals surface area contributed by atoms with Crippen LogP contribution >= 0.6 is 23.2 Å². The van der Waals surface area contributed by atoms with E-state index in [2.05, 4.69) is 11.8 Å². The van der Waals surface area contributed by atoms with Gasteiger partial charge < -0.3 is 10.8 Å². The molecular formula is C11H9Cl2NO2. The van der Waals surface area contributed by atoms with E-state index >= 15 is 0 Å². The number of hydrogen-bond donors (Lipinski definition) is 2. The molecule has 5 heteroatoms. The number of carbonyl (C=O) groups is 1. The van der Waals surface area contributed by atoms with E-state index < -0.39 is 5.97 Å². The maximum atomic E-state index is 10.2. The SMILES string of the molecule is Nc1cc(Cl)c(Cl)cc1C#CCCC(=O)O. The van der Waals surface area contributed by atoms with E-state index in [4.69, 9.17) is 34.0 Å². The maximum absolute atomic E-state index is 10.2. The lowest BCUT2D eigenvalue weighted by Gasteiger charge is -2.00. The highest BCUT2D eigenvalue weighted by molar-refractivity contribution is 6.42. The molecule has 0 aliphatic carbocycles. The summed E-state index contributed by atoms with van der Waals surface area (Å²) < 4.78 is 0. The summed E-state index contributed by atoms with van der Waals surface area (Å²) >= 11 is 11.6. The van der Waals surface area contributed by atoms with Gasteiger partial charge in [0.15, 0.2) is 0 Å². The highest BCUT2D eigenvalue weighted by Crippen LogP contribution is 2.26. The summed E-state index contributed by atoms with van der Waals surface area (Å²) in [5, 5.41) is 9.16. The van der Waals surface area contributed by atoms with E-state index in [9.17, 15) is 4.79 Å². The fraction of sp³-hybridized carbons (Fsp3) is 0.182. The van der Waals surface area contributed by atoms with Gasteiger partial charge in [-0.2, -0.15) is 0 Å². The third-order valence-electron chi connectivity index (χ3n) is 1.78. The molecule has 3 N–H and O–H groups in total. The van der Waals surface area contributed by atoms with Gasteiger partial charge >= 0.3 is 5.97 Å². The standard InChI is InChI=1S/C11H9Cl2NO2/c12-8-5-7(10(14)6-9(8)13)3-1-2-4-11(15)16/h5-6H,2,4,14H2,(H,15,16). The first-order chi connectivity index (χ1) is 7.50. The molecule has 0 aromatic heterocycles. The second-order valence-electron chi connectivity index (χ2n) is 3.05. The van der Waals surface area contributed by atoms with Gasteiger partial charge in [0.2, 0.25) is 0 Å². The highest BCUT2D eigenvalue weighted by atomic mass is 35.5. The van der Waals surface area contributed by atoms with Crippen LogP contribution in [-0.2, 0) is 4.79 Å². The Morgan fingerprint density at radius 2 is 2.00 bits per heavy atom. The number of carboxylic acid groups (broad SMARTS) is 1. The topological polar surface area (TPSA) is 63.3 Å². The van der Waals surface area contributed by atoms with Crippen LogP contribution in [0.1, 0.15) is 18.4 Å². The molecule has 0 heterocycles. The van der Waals surface area contributed by atoms with Crippen molar-refractivity contribution in [3.8, 4) is 11.8 Å². The summed E-state index contributed by atoms with van der Waals surface area (Å²) in [5.41, 5.74) is 6.65. The van der Waals surface area contributed by atoms with Crippen molar-refractivity contribution in [2.45, 2.75) is 12.8 Å². The number of aliphatic carboxylic acids is 1. The average molecular weight is 258 g/mol. The van der Waals surface area contributed by atoms with Gasteiger partial charge in [-0.15, -0.1) is 0 Å². The van der Waals surface area contributed by atoms with Crippen LogP contribution in [0.2, 0.25) is 10.0 Å². The predicted octanol–water partition coefficient (Wildman–Crippen LogP) is 2.79. The van der Waals surface area contributed by atoms with Crippen LogP contribution in [0.3, 0.4) is 0 Å². The van der Waals surface area contributed by atoms with Crippen molar-refractivity contribution in [2.24, 2.45) is 0 Å². The number of carboxylic acids is 1. The number of halogens is 2. The molecule has 0 unspecified atom stereocenters. The summed E-state index contributed by atoms with van der Waals surface area (Å²) in [6.07, 6.45) is 0.281. The number of anilines is 1. The molecular weight excluding hydrogens is 249 g/mol. The Morgan fingerprint density at radius 3 is 2.62 bits per heavy atom. The third kappa shape index (κ3) is 3.65. The molecule has 0 saturated carbocycles. The summed E-state index contributed by atoms with van der Waals surface area (Å²) in [7, 11) is 0. The van der Waals surface area contributed by atoms with Crippen molar-refractivity contribution in [1.82, 2.24) is 0 Å². The largest absolute Gasteiger partial charge is 0.481 e. The molecule has 0 aliphatic rings. The Labute approximate surface area is 103 Å². The lowest BCUT2D eigenvalue weighted by Crippen LogP contribution is -1.93. The molecule has 16 heavy (non-hydrogen) atoms. The quantitative estimate of drug-likeness (QED) is 0.633. The zero-order valence-electron chi connectivity index (χ0n) is 8.26. The molecule has 0 amide bonds. The number of rotatable bonds is 2. The summed E-state index contributed by atoms with van der Waals surface area (Å²) in [6.45, 7) is 0. The molecule has 0 spiro atoms. The minimum Gasteiger partial charge on any atom is -0.481 e. The van der Waals surface area contributed by atoms with E-state index in [0.29, 0.717) is 21.3 Å². The lowest BCUT2D eigenvalue weighted by atomic mass is 10.2. The van der Waals surface area contributed by atoms with Gasteiger partial charge in [-0.05, 0) is 12.1 Å². The normalized spacial score (nSPS) is 9.38. The average Bonchev–Trinajstić information content (AvgIpc) is 2.19. The first kappa shape index (κ1) is 12.7. The molecule has 0 fully saturated rings. The Balaban J connectivity index is 2.81. The molecule has 0 saturated heterocycles. The van der Waals surface area contributed by atoms with E-state index in [1.165, 1.54) is 6.07 Å². The zero-order chi connectivity index (χ0) is 12.1. The molecule has 3 nitrogen and oxygen atoms in total. The van der Waals surface area contributed by atoms with Gasteiger partial charge in [-0.1, -0.05) is 35.0 Å². The summed E-state index contributed by atoms with van der Waals surface area (Å²) in [4.78, 5) is 10.2. The molecule has 1 aromatic carbocycles. The molecule has 84 valence electrons. The number of nitrogen functional groups attached to an aromatic ring is 1. The first-order valence-corrected chi connectivity index (χ1v) is 5.21. The number of hydrogen-bond acceptors (Lipinski definition) is 2. The van der Waals surface area contributed by atoms with Gasteiger partial charge in [0.05, 0.1) is 16.5 Å². The first-order valence-electron chi connectivity index (χ1n) is 4.46. The maximum Gasteiger partial charge on any atom is 0.304 e. The summed E-state index contributed by atoms with van der Waals surface area (Å²) in [6, 6.07) is 3.08. The van der Waals surface area contributed by atoms with Crippen LogP contribution in [0.5, 0.6) is 0 Å². The molecule has 0 aliphatic heterocycles. The van der Waals surface area contributed by atoms with Crippen LogP contribution in [0.15, 0.2) is 12.1 Å². The van der Waals surface area contributed by atoms with E-state index in [0.717, 1.165) is 0 Å². The smallest absolute Gasteiger partial charge is 0.304 e. The second kappa shape index (κ2) is 5.64. The van der Waals surface area contributed by atoms with Crippen molar-refractivity contribution >= 4 is 34.9 Å². The third-order valence-corrected chi connectivity index (χ3v) is 2.50. The number of nitrogens with two attached hydrogens (primary N) is 1. The van der Waals surface area contributed by atoms with Gasteiger partial charge in [0.25, 0.3) is 0 Å². The molecule has 0 bridgehead atoms. The van der Waals surface area contributed by atoms with Crippen molar-refractivity contribution < 1.29 is 9.90 Å². The van der Waals surface area contributed by atoms with Crippen LogP contribution in [0.25, 0.3) is 0 Å².